The first-order chi connectivity index (χ1) is 14.5. The molecular weight excluding hydrogens is 424 g/mol. The van der Waals surface area contributed by atoms with Crippen LogP contribution in [0.25, 0.3) is 16.6 Å². The predicted molar refractivity (Wildman–Crippen MR) is 117 cm³/mol. The third-order valence-electron chi connectivity index (χ3n) is 4.29. The SMILES string of the molecule is C[C@H](NC(=O)OC(C)(C)C)c1nc2cccc(Cl)c2c(=O)n1-c1cccc([N+](=O)[O-])c1. The van der Waals surface area contributed by atoms with Gasteiger partial charge >= 0.3 is 6.09 Å². The first-order valence-corrected chi connectivity index (χ1v) is 9.81. The zero-order chi connectivity index (χ0) is 22.9. The van der Waals surface area contributed by atoms with Crippen LogP contribution in [0.15, 0.2) is 47.3 Å². The minimum atomic E-state index is -0.759. The number of alkyl carbamates (subject to hydrolysis) is 1. The summed E-state index contributed by atoms with van der Waals surface area (Å²) in [5.74, 6) is 0.172. The van der Waals surface area contributed by atoms with Crippen LogP contribution in [0.1, 0.15) is 39.6 Å². The summed E-state index contributed by atoms with van der Waals surface area (Å²) in [6.07, 6.45) is -0.689. The molecular formula is C21H21ClN4O5. The van der Waals surface area contributed by atoms with Crippen molar-refractivity contribution in [3.63, 3.8) is 0 Å². The van der Waals surface area contributed by atoms with Crippen LogP contribution >= 0.6 is 11.6 Å². The number of halogens is 1. The van der Waals surface area contributed by atoms with Crippen LogP contribution in [0, 0.1) is 10.1 Å². The third kappa shape index (κ3) is 4.83. The molecule has 0 bridgehead atoms. The van der Waals surface area contributed by atoms with Gasteiger partial charge in [-0.3, -0.25) is 19.5 Å². The molecule has 0 aliphatic carbocycles. The summed E-state index contributed by atoms with van der Waals surface area (Å²) < 4.78 is 6.50. The highest BCUT2D eigenvalue weighted by Crippen LogP contribution is 2.24. The summed E-state index contributed by atoms with van der Waals surface area (Å²) in [6.45, 7) is 6.82. The van der Waals surface area contributed by atoms with Gasteiger partial charge in [-0.25, -0.2) is 9.78 Å². The number of amides is 1. The van der Waals surface area contributed by atoms with E-state index in [-0.39, 0.29) is 27.6 Å². The Morgan fingerprint density at radius 1 is 1.26 bits per heavy atom. The maximum absolute atomic E-state index is 13.4. The number of rotatable bonds is 4. The Hall–Kier alpha value is -3.46. The van der Waals surface area contributed by atoms with E-state index in [4.69, 9.17) is 16.3 Å². The third-order valence-corrected chi connectivity index (χ3v) is 4.61. The first kappa shape index (κ1) is 22.2. The fraction of sp³-hybridized carbons (Fsp3) is 0.286. The molecule has 1 amide bonds. The number of nitro groups is 1. The van der Waals surface area contributed by atoms with Crippen LogP contribution < -0.4 is 10.9 Å². The number of nitrogens with one attached hydrogen (secondary N) is 1. The van der Waals surface area contributed by atoms with E-state index in [1.165, 1.54) is 22.8 Å². The van der Waals surface area contributed by atoms with Crippen LogP contribution in [0.3, 0.4) is 0 Å². The van der Waals surface area contributed by atoms with Crippen molar-refractivity contribution in [2.24, 2.45) is 0 Å². The van der Waals surface area contributed by atoms with Crippen molar-refractivity contribution < 1.29 is 14.5 Å². The average molecular weight is 445 g/mol. The standard InChI is InChI=1S/C21H21ClN4O5/c1-12(23-20(28)31-21(2,3)4)18-24-16-10-6-9-15(22)17(16)19(27)25(18)13-7-5-8-14(11-13)26(29)30/h5-12H,1-4H3,(H,23,28)/t12-/m0/s1. The molecule has 0 spiro atoms. The number of nitrogens with zero attached hydrogens (tertiary/aromatic N) is 3. The van der Waals surface area contributed by atoms with E-state index in [1.54, 1.807) is 52.0 Å². The number of hydrogen-bond acceptors (Lipinski definition) is 6. The van der Waals surface area contributed by atoms with Crippen molar-refractivity contribution >= 4 is 34.3 Å². The smallest absolute Gasteiger partial charge is 0.408 e. The van der Waals surface area contributed by atoms with E-state index < -0.39 is 28.2 Å². The van der Waals surface area contributed by atoms with Crippen molar-refractivity contribution in [1.82, 2.24) is 14.9 Å². The van der Waals surface area contributed by atoms with Gasteiger partial charge in [0.1, 0.15) is 11.4 Å². The maximum Gasteiger partial charge on any atom is 0.408 e. The predicted octanol–water partition coefficient (Wildman–Crippen LogP) is 4.53. The zero-order valence-electron chi connectivity index (χ0n) is 17.4. The molecule has 0 fully saturated rings. The summed E-state index contributed by atoms with van der Waals surface area (Å²) >= 11 is 6.24. The molecule has 0 saturated carbocycles. The molecule has 1 atom stereocenters. The average Bonchev–Trinajstić information content (AvgIpc) is 2.66. The van der Waals surface area contributed by atoms with E-state index in [9.17, 15) is 19.7 Å². The quantitative estimate of drug-likeness (QED) is 0.466. The molecule has 0 aliphatic rings. The number of non-ortho nitro benzene ring substituents is 1. The van der Waals surface area contributed by atoms with E-state index in [1.807, 2.05) is 0 Å². The van der Waals surface area contributed by atoms with Gasteiger partial charge in [0.2, 0.25) is 0 Å². The van der Waals surface area contributed by atoms with Gasteiger partial charge in [0.05, 0.1) is 32.6 Å². The van der Waals surface area contributed by atoms with Gasteiger partial charge < -0.3 is 10.1 Å². The number of ether oxygens (including phenoxy) is 1. The number of carbonyl (C=O) groups is 1. The second-order valence-corrected chi connectivity index (χ2v) is 8.30. The molecule has 0 aliphatic heterocycles. The van der Waals surface area contributed by atoms with Gasteiger partial charge in [0, 0.05) is 12.1 Å². The lowest BCUT2D eigenvalue weighted by molar-refractivity contribution is -0.384. The second kappa shape index (κ2) is 8.35. The molecule has 3 rings (SSSR count). The zero-order valence-corrected chi connectivity index (χ0v) is 18.1. The molecule has 9 nitrogen and oxygen atoms in total. The Labute approximate surface area is 182 Å². The minimum absolute atomic E-state index is 0.170. The Kier molecular flexibility index (Phi) is 5.99. The van der Waals surface area contributed by atoms with Crippen molar-refractivity contribution in [3.05, 3.63) is 73.8 Å². The molecule has 2 aromatic carbocycles. The van der Waals surface area contributed by atoms with Crippen LogP contribution in [-0.2, 0) is 4.74 Å². The monoisotopic (exact) mass is 444 g/mol. The molecule has 1 aromatic heterocycles. The molecule has 0 unspecified atom stereocenters. The lowest BCUT2D eigenvalue weighted by Gasteiger charge is -2.23. The Bertz CT molecular complexity index is 1230. The molecule has 1 N–H and O–H groups in total. The van der Waals surface area contributed by atoms with Crippen LogP contribution in [0.5, 0.6) is 0 Å². The summed E-state index contributed by atoms with van der Waals surface area (Å²) in [5, 5.41) is 14.3. The number of nitro benzene ring substituents is 1. The molecule has 1 heterocycles. The van der Waals surface area contributed by atoms with Gasteiger partial charge in [0.15, 0.2) is 0 Å². The van der Waals surface area contributed by atoms with Crippen molar-refractivity contribution in [1.29, 1.82) is 0 Å². The molecule has 0 radical (unpaired) electrons. The lowest BCUT2D eigenvalue weighted by Crippen LogP contribution is -2.37. The summed E-state index contributed by atoms with van der Waals surface area (Å²) in [6, 6.07) is 9.68. The minimum Gasteiger partial charge on any atom is -0.444 e. The van der Waals surface area contributed by atoms with Crippen molar-refractivity contribution in [3.8, 4) is 5.69 Å². The summed E-state index contributed by atoms with van der Waals surface area (Å²) in [5.41, 5.74) is -0.854. The maximum atomic E-state index is 13.4. The highest BCUT2D eigenvalue weighted by molar-refractivity contribution is 6.35. The van der Waals surface area contributed by atoms with Gasteiger partial charge in [-0.2, -0.15) is 0 Å². The van der Waals surface area contributed by atoms with Crippen molar-refractivity contribution in [2.75, 3.05) is 0 Å². The van der Waals surface area contributed by atoms with Crippen LogP contribution in [0.2, 0.25) is 5.02 Å². The molecule has 3 aromatic rings. The molecule has 31 heavy (non-hydrogen) atoms. The number of carbonyl (C=O) groups excluding carboxylic acids is 1. The van der Waals surface area contributed by atoms with Gasteiger partial charge in [-0.15, -0.1) is 0 Å². The molecule has 162 valence electrons. The molecule has 10 heteroatoms. The summed E-state index contributed by atoms with van der Waals surface area (Å²) in [4.78, 5) is 40.9. The van der Waals surface area contributed by atoms with Crippen LogP contribution in [-0.4, -0.2) is 26.2 Å². The van der Waals surface area contributed by atoms with E-state index >= 15 is 0 Å². The van der Waals surface area contributed by atoms with Gasteiger partial charge in [-0.1, -0.05) is 23.7 Å². The van der Waals surface area contributed by atoms with Gasteiger partial charge in [-0.05, 0) is 45.9 Å². The number of benzene rings is 2. The van der Waals surface area contributed by atoms with Gasteiger partial charge in [0.25, 0.3) is 11.2 Å². The Morgan fingerprint density at radius 2 is 1.94 bits per heavy atom. The topological polar surface area (TPSA) is 116 Å². The second-order valence-electron chi connectivity index (χ2n) is 7.89. The number of hydrogen-bond donors (Lipinski definition) is 1. The number of fused-ring (bicyclic) bond motifs is 1. The Morgan fingerprint density at radius 3 is 2.58 bits per heavy atom. The highest BCUT2D eigenvalue weighted by atomic mass is 35.5. The van der Waals surface area contributed by atoms with E-state index in [2.05, 4.69) is 10.3 Å². The van der Waals surface area contributed by atoms with Crippen LogP contribution in [0.4, 0.5) is 10.5 Å². The fourth-order valence-electron chi connectivity index (χ4n) is 3.04. The fourth-order valence-corrected chi connectivity index (χ4v) is 3.29. The summed E-state index contributed by atoms with van der Waals surface area (Å²) in [7, 11) is 0. The van der Waals surface area contributed by atoms with E-state index in [0.717, 1.165) is 0 Å². The van der Waals surface area contributed by atoms with E-state index in [0.29, 0.717) is 5.52 Å². The van der Waals surface area contributed by atoms with Crippen molar-refractivity contribution in [2.45, 2.75) is 39.3 Å². The molecule has 0 saturated heterocycles. The first-order valence-electron chi connectivity index (χ1n) is 9.43. The highest BCUT2D eigenvalue weighted by Gasteiger charge is 2.24. The largest absolute Gasteiger partial charge is 0.444 e. The normalized spacial score (nSPS) is 12.4. The Balaban J connectivity index is 2.21. The lowest BCUT2D eigenvalue weighted by atomic mass is 10.2. The number of aromatic nitrogens is 2.